The van der Waals surface area contributed by atoms with E-state index in [4.69, 9.17) is 23.9 Å². The number of aryl methyl sites for hydroxylation is 1. The Morgan fingerprint density at radius 2 is 1.82 bits per heavy atom. The fourth-order valence-corrected chi connectivity index (χ4v) is 9.16. The summed E-state index contributed by atoms with van der Waals surface area (Å²) in [5.41, 5.74) is 1.04. The molecule has 0 spiro atoms. The van der Waals surface area contributed by atoms with Gasteiger partial charge in [0.05, 0.1) is 18.9 Å². The van der Waals surface area contributed by atoms with Crippen LogP contribution in [0.4, 0.5) is 9.18 Å². The molecule has 5 atom stereocenters. The van der Waals surface area contributed by atoms with Gasteiger partial charge in [-0.25, -0.2) is 22.6 Å². The molecule has 2 aliphatic heterocycles. The van der Waals surface area contributed by atoms with Crippen LogP contribution < -0.4 is 20.1 Å². The third-order valence-electron chi connectivity index (χ3n) is 11.2. The number of alkyl carbamates (subject to hydrolysis) is 1. The van der Waals surface area contributed by atoms with Crippen LogP contribution >= 0.6 is 0 Å². The normalized spacial score (nSPS) is 26.1. The van der Waals surface area contributed by atoms with Gasteiger partial charge >= 0.3 is 6.09 Å². The largest absolute Gasteiger partial charge is 0.470 e. The molecule has 300 valence electrons. The fourth-order valence-electron chi connectivity index (χ4n) is 7.80. The minimum Gasteiger partial charge on any atom is -0.470 e. The van der Waals surface area contributed by atoms with Crippen molar-refractivity contribution in [3.05, 3.63) is 66.0 Å². The lowest BCUT2D eigenvalue weighted by Gasteiger charge is -2.29. The molecule has 2 aromatic carbocycles. The Bertz CT molecular complexity index is 2400. The van der Waals surface area contributed by atoms with Gasteiger partial charge < -0.3 is 29.4 Å². The average molecular weight is 803 g/mol. The van der Waals surface area contributed by atoms with Crippen LogP contribution in [-0.2, 0) is 29.1 Å². The first-order valence-corrected chi connectivity index (χ1v) is 20.7. The molecule has 2 aromatic heterocycles. The van der Waals surface area contributed by atoms with Gasteiger partial charge in [0.2, 0.25) is 27.4 Å². The zero-order valence-corrected chi connectivity index (χ0v) is 32.3. The topological polar surface area (TPSA) is 199 Å². The van der Waals surface area contributed by atoms with E-state index in [1.54, 1.807) is 12.1 Å². The van der Waals surface area contributed by atoms with Crippen LogP contribution in [0.2, 0.25) is 0 Å². The van der Waals surface area contributed by atoms with E-state index in [-0.39, 0.29) is 43.1 Å². The predicted octanol–water partition coefficient (Wildman–Crippen LogP) is 4.57. The van der Waals surface area contributed by atoms with Gasteiger partial charge in [0.1, 0.15) is 40.6 Å². The van der Waals surface area contributed by atoms with Crippen molar-refractivity contribution in [2.24, 2.45) is 5.92 Å². The lowest BCUT2D eigenvalue weighted by Crippen LogP contribution is -2.58. The lowest BCUT2D eigenvalue weighted by atomic mass is 10.1. The summed E-state index contributed by atoms with van der Waals surface area (Å²) in [5, 5.41) is 5.52. The highest BCUT2D eigenvalue weighted by molar-refractivity contribution is 7.91. The van der Waals surface area contributed by atoms with Crippen LogP contribution in [0.5, 0.6) is 5.88 Å². The summed E-state index contributed by atoms with van der Waals surface area (Å²) in [6.07, 6.45) is 6.13. The summed E-state index contributed by atoms with van der Waals surface area (Å²) < 4.78 is 59.5. The molecule has 1 saturated heterocycles. The zero-order chi connectivity index (χ0) is 40.1. The van der Waals surface area contributed by atoms with Gasteiger partial charge in [-0.2, -0.15) is 4.98 Å². The Morgan fingerprint density at radius 3 is 2.58 bits per heavy atom. The minimum atomic E-state index is -3.93. The van der Waals surface area contributed by atoms with E-state index in [1.165, 1.54) is 24.1 Å². The van der Waals surface area contributed by atoms with Crippen LogP contribution in [0.3, 0.4) is 0 Å². The van der Waals surface area contributed by atoms with Crippen LogP contribution in [0.25, 0.3) is 33.5 Å². The van der Waals surface area contributed by atoms with Gasteiger partial charge in [-0.15, -0.1) is 0 Å². The van der Waals surface area contributed by atoms with Crippen LogP contribution in [0.15, 0.2) is 59.0 Å². The molecule has 2 aliphatic carbocycles. The summed E-state index contributed by atoms with van der Waals surface area (Å²) in [4.78, 5) is 65.9. The Labute approximate surface area is 327 Å². The molecule has 3 fully saturated rings. The molecule has 57 heavy (non-hydrogen) atoms. The number of benzene rings is 2. The number of hydrogen-bond donors (Lipinski definition) is 3. The molecule has 8 rings (SSSR count). The van der Waals surface area contributed by atoms with Crippen molar-refractivity contribution >= 4 is 55.9 Å². The Hall–Kier alpha value is -5.58. The van der Waals surface area contributed by atoms with E-state index < -0.39 is 74.5 Å². The number of hydrogen-bond acceptors (Lipinski definition) is 11. The number of amides is 4. The van der Waals surface area contributed by atoms with Crippen LogP contribution in [0.1, 0.15) is 63.4 Å². The summed E-state index contributed by atoms with van der Waals surface area (Å²) in [5.74, 6) is -2.71. The number of aromatic nitrogens is 2. The van der Waals surface area contributed by atoms with Gasteiger partial charge in [0.25, 0.3) is 11.8 Å². The number of carbonyl (C=O) groups is 4. The Balaban J connectivity index is 1.16. The highest BCUT2D eigenvalue weighted by atomic mass is 32.2. The molecular weight excluding hydrogens is 760 g/mol. The van der Waals surface area contributed by atoms with E-state index in [1.807, 2.05) is 37.3 Å². The number of fused-ring (bicyclic) bond motifs is 5. The maximum absolute atomic E-state index is 14.5. The van der Waals surface area contributed by atoms with Crippen molar-refractivity contribution in [1.29, 1.82) is 0 Å². The second-order valence-corrected chi connectivity index (χ2v) is 17.2. The van der Waals surface area contributed by atoms with E-state index in [9.17, 15) is 32.0 Å². The molecule has 4 aromatic rings. The number of allylic oxidation sites excluding steroid dienone is 1. The van der Waals surface area contributed by atoms with Crippen molar-refractivity contribution < 1.29 is 45.9 Å². The van der Waals surface area contributed by atoms with Crippen molar-refractivity contribution in [1.82, 2.24) is 30.2 Å². The number of nitrogens with one attached hydrogen (secondary N) is 3. The second-order valence-electron chi connectivity index (χ2n) is 15.3. The molecule has 4 heterocycles. The average Bonchev–Trinajstić information content (AvgIpc) is 4.09. The van der Waals surface area contributed by atoms with E-state index in [0.29, 0.717) is 47.7 Å². The number of ether oxygens (including phenoxy) is 2. The first kappa shape index (κ1) is 38.3. The number of carbonyl (C=O) groups excluding carboxylic acids is 4. The highest BCUT2D eigenvalue weighted by Gasteiger charge is 2.62. The zero-order valence-electron chi connectivity index (χ0n) is 31.5. The number of furan rings is 1. The molecule has 4 amide bonds. The quantitative estimate of drug-likeness (QED) is 0.221. The fraction of sp³-hybridized carbons (Fsp3) is 0.450. The molecule has 0 bridgehead atoms. The standard InChI is InChI=1S/C40H43FN6O9S/c1-22-9-8-11-28-31-33(56-32(22)28)36(44-34(43-31)23-13-15-25(41)16-14-23)55-26-19-30-35(48)45-40(38(50)46-57(52,53)27-17-18-27)20-24(40)10-6-4-3-5-7-12-29(42-39(51)54-2)37(49)47(30)21-26/h6,8-11,13-16,24,26-27,29-30H,3-5,7,12,17-21H2,1-2H3,(H,42,51)(H,45,48)(H,46,50)/b10-6-. The third kappa shape index (κ3) is 7.64. The van der Waals surface area contributed by atoms with Gasteiger partial charge in [0, 0.05) is 23.3 Å². The van der Waals surface area contributed by atoms with Crippen molar-refractivity contribution in [3.63, 3.8) is 0 Å². The second kappa shape index (κ2) is 15.1. The monoisotopic (exact) mass is 802 g/mol. The van der Waals surface area contributed by atoms with Crippen LogP contribution in [0, 0.1) is 18.7 Å². The smallest absolute Gasteiger partial charge is 0.407 e. The van der Waals surface area contributed by atoms with Crippen LogP contribution in [-0.4, -0.2) is 89.7 Å². The van der Waals surface area contributed by atoms with Crippen molar-refractivity contribution in [3.8, 4) is 17.3 Å². The van der Waals surface area contributed by atoms with Gasteiger partial charge in [-0.3, -0.25) is 19.1 Å². The maximum atomic E-state index is 14.5. The predicted molar refractivity (Wildman–Crippen MR) is 205 cm³/mol. The molecule has 5 unspecified atom stereocenters. The van der Waals surface area contributed by atoms with E-state index in [2.05, 4.69) is 15.4 Å². The lowest BCUT2D eigenvalue weighted by molar-refractivity contribution is -0.141. The molecule has 17 heteroatoms. The van der Waals surface area contributed by atoms with Gasteiger partial charge in [-0.1, -0.05) is 37.1 Å². The number of nitrogens with zero attached hydrogens (tertiary/aromatic N) is 3. The summed E-state index contributed by atoms with van der Waals surface area (Å²) in [7, 11) is -2.74. The van der Waals surface area contributed by atoms with Gasteiger partial charge in [-0.05, 0) is 81.3 Å². The maximum Gasteiger partial charge on any atom is 0.407 e. The summed E-state index contributed by atoms with van der Waals surface area (Å²) in [6, 6.07) is 9.03. The molecule has 0 radical (unpaired) electrons. The number of sulfonamides is 1. The Morgan fingerprint density at radius 1 is 1.04 bits per heavy atom. The number of rotatable bonds is 7. The SMILES string of the molecule is COC(=O)NC1CCCCC/C=C\C2CC2(C(=O)NS(=O)(=O)C2CC2)NC(=O)C2CC(Oc3nc(-c4ccc(F)cc4)nc4c3oc3c(C)cccc34)CN2C1=O. The summed E-state index contributed by atoms with van der Waals surface area (Å²) >= 11 is 0. The highest BCUT2D eigenvalue weighted by Crippen LogP contribution is 2.46. The number of para-hydroxylation sites is 1. The first-order chi connectivity index (χ1) is 27.4. The molecular formula is C40H43FN6O9S. The molecule has 15 nitrogen and oxygen atoms in total. The van der Waals surface area contributed by atoms with E-state index in [0.717, 1.165) is 18.4 Å². The first-order valence-electron chi connectivity index (χ1n) is 19.2. The number of halogens is 1. The number of methoxy groups -OCH3 is 1. The third-order valence-corrected chi connectivity index (χ3v) is 13.0. The van der Waals surface area contributed by atoms with Gasteiger partial charge in [0.15, 0.2) is 5.82 Å². The molecule has 2 saturated carbocycles. The van der Waals surface area contributed by atoms with E-state index >= 15 is 0 Å². The van der Waals surface area contributed by atoms with Crippen molar-refractivity contribution in [2.45, 2.75) is 93.7 Å². The Kier molecular flexibility index (Phi) is 10.1. The van der Waals surface area contributed by atoms with Crippen molar-refractivity contribution in [2.75, 3.05) is 13.7 Å². The molecule has 3 N–H and O–H groups in total. The minimum absolute atomic E-state index is 0.0354. The summed E-state index contributed by atoms with van der Waals surface area (Å²) in [6.45, 7) is 1.77. The molecule has 4 aliphatic rings.